The van der Waals surface area contributed by atoms with Crippen LogP contribution in [0.2, 0.25) is 0 Å². The molecule has 4 nitrogen and oxygen atoms in total. The maximum absolute atomic E-state index is 12.3. The van der Waals surface area contributed by atoms with Crippen molar-refractivity contribution in [2.24, 2.45) is 11.7 Å². The number of hydrogen-bond donors (Lipinski definition) is 1. The minimum Gasteiger partial charge on any atom is -0.329 e. The number of rotatable bonds is 3. The zero-order valence-electron chi connectivity index (χ0n) is 8.57. The summed E-state index contributed by atoms with van der Waals surface area (Å²) >= 11 is 0. The first-order valence-corrected chi connectivity index (χ1v) is 6.38. The molecule has 1 heterocycles. The van der Waals surface area contributed by atoms with E-state index in [1.807, 2.05) is 6.92 Å². The monoisotopic (exact) mass is 242 g/mol. The van der Waals surface area contributed by atoms with Crippen molar-refractivity contribution >= 4 is 10.0 Å². The molecule has 0 radical (unpaired) electrons. The van der Waals surface area contributed by atoms with Crippen LogP contribution in [0.25, 0.3) is 0 Å². The van der Waals surface area contributed by atoms with Gasteiger partial charge < -0.3 is 5.73 Å². The summed E-state index contributed by atoms with van der Waals surface area (Å²) in [6, 6.07) is -0.479. The number of alkyl halides is 2. The van der Waals surface area contributed by atoms with Crippen molar-refractivity contribution < 1.29 is 17.2 Å². The van der Waals surface area contributed by atoms with Gasteiger partial charge >= 0.3 is 5.76 Å². The van der Waals surface area contributed by atoms with E-state index in [-0.39, 0.29) is 13.1 Å². The highest BCUT2D eigenvalue weighted by Gasteiger charge is 2.39. The molecule has 2 N–H and O–H groups in total. The SMILES string of the molecule is CC1CCN(S(=O)(=O)C(F)F)C(CN)C1. The average molecular weight is 242 g/mol. The number of nitrogens with two attached hydrogens (primary N) is 1. The Morgan fingerprint density at radius 1 is 1.53 bits per heavy atom. The summed E-state index contributed by atoms with van der Waals surface area (Å²) < 4.78 is 48.1. The van der Waals surface area contributed by atoms with Gasteiger partial charge in [-0.25, -0.2) is 8.42 Å². The highest BCUT2D eigenvalue weighted by atomic mass is 32.2. The molecule has 90 valence electrons. The summed E-state index contributed by atoms with van der Waals surface area (Å²) in [7, 11) is -4.46. The van der Waals surface area contributed by atoms with E-state index in [4.69, 9.17) is 5.73 Å². The zero-order chi connectivity index (χ0) is 11.6. The van der Waals surface area contributed by atoms with Gasteiger partial charge in [0, 0.05) is 19.1 Å². The Bertz CT molecular complexity index is 308. The van der Waals surface area contributed by atoms with Gasteiger partial charge in [0.2, 0.25) is 0 Å². The second-order valence-electron chi connectivity index (χ2n) is 3.94. The van der Waals surface area contributed by atoms with Gasteiger partial charge in [-0.3, -0.25) is 0 Å². The van der Waals surface area contributed by atoms with Gasteiger partial charge in [0.15, 0.2) is 0 Å². The molecule has 1 saturated heterocycles. The molecular weight excluding hydrogens is 226 g/mol. The Hall–Kier alpha value is -0.270. The standard InChI is InChI=1S/C8H16F2N2O2S/c1-6-2-3-12(7(4-6)5-11)15(13,14)8(9)10/h6-8H,2-5,11H2,1H3. The van der Waals surface area contributed by atoms with Crippen molar-refractivity contribution in [2.45, 2.75) is 31.6 Å². The van der Waals surface area contributed by atoms with Gasteiger partial charge in [0.05, 0.1) is 0 Å². The molecule has 1 aliphatic rings. The van der Waals surface area contributed by atoms with E-state index in [1.165, 1.54) is 0 Å². The Morgan fingerprint density at radius 2 is 2.13 bits per heavy atom. The van der Waals surface area contributed by atoms with Crippen LogP contribution in [0.3, 0.4) is 0 Å². The first kappa shape index (κ1) is 12.8. The van der Waals surface area contributed by atoms with Crippen molar-refractivity contribution in [1.82, 2.24) is 4.31 Å². The summed E-state index contributed by atoms with van der Waals surface area (Å²) in [6.07, 6.45) is 1.17. The first-order valence-electron chi connectivity index (χ1n) is 4.88. The lowest BCUT2D eigenvalue weighted by atomic mass is 9.94. The average Bonchev–Trinajstić information content (AvgIpc) is 2.16. The fraction of sp³-hybridized carbons (Fsp3) is 1.00. The topological polar surface area (TPSA) is 63.4 Å². The molecule has 0 bridgehead atoms. The zero-order valence-corrected chi connectivity index (χ0v) is 9.38. The van der Waals surface area contributed by atoms with Gasteiger partial charge in [-0.15, -0.1) is 0 Å². The number of nitrogens with zero attached hydrogens (tertiary/aromatic N) is 1. The van der Waals surface area contributed by atoms with Gasteiger partial charge in [0.25, 0.3) is 10.0 Å². The Balaban J connectivity index is 2.85. The number of hydrogen-bond acceptors (Lipinski definition) is 3. The lowest BCUT2D eigenvalue weighted by Gasteiger charge is -2.36. The molecular formula is C8H16F2N2O2S. The Labute approximate surface area is 88.5 Å². The van der Waals surface area contributed by atoms with Crippen LogP contribution in [0.1, 0.15) is 19.8 Å². The van der Waals surface area contributed by atoms with E-state index in [2.05, 4.69) is 0 Å². The largest absolute Gasteiger partial charge is 0.350 e. The lowest BCUT2D eigenvalue weighted by Crippen LogP contribution is -2.50. The molecule has 0 aliphatic carbocycles. The highest BCUT2D eigenvalue weighted by Crippen LogP contribution is 2.26. The van der Waals surface area contributed by atoms with Crippen molar-refractivity contribution in [2.75, 3.05) is 13.1 Å². The third kappa shape index (κ3) is 2.64. The molecule has 0 aromatic carbocycles. The van der Waals surface area contributed by atoms with E-state index in [0.29, 0.717) is 18.8 Å². The normalized spacial score (nSPS) is 29.7. The van der Waals surface area contributed by atoms with Crippen molar-refractivity contribution in [3.63, 3.8) is 0 Å². The fourth-order valence-electron chi connectivity index (χ4n) is 1.88. The summed E-state index contributed by atoms with van der Waals surface area (Å²) in [5.74, 6) is -3.01. The van der Waals surface area contributed by atoms with Crippen molar-refractivity contribution in [3.05, 3.63) is 0 Å². The highest BCUT2D eigenvalue weighted by molar-refractivity contribution is 7.89. The fourth-order valence-corrected chi connectivity index (χ4v) is 3.03. The smallest absolute Gasteiger partial charge is 0.329 e. The molecule has 1 aliphatic heterocycles. The number of piperidine rings is 1. The van der Waals surface area contributed by atoms with Crippen LogP contribution in [-0.4, -0.2) is 37.6 Å². The van der Waals surface area contributed by atoms with E-state index in [9.17, 15) is 17.2 Å². The van der Waals surface area contributed by atoms with Gasteiger partial charge in [0.1, 0.15) is 0 Å². The third-order valence-corrected chi connectivity index (χ3v) is 4.33. The summed E-state index contributed by atoms with van der Waals surface area (Å²) in [5.41, 5.74) is 5.40. The van der Waals surface area contributed by atoms with Crippen LogP contribution in [0.5, 0.6) is 0 Å². The van der Waals surface area contributed by atoms with E-state index < -0.39 is 21.8 Å². The molecule has 0 aromatic rings. The quantitative estimate of drug-likeness (QED) is 0.788. The van der Waals surface area contributed by atoms with E-state index in [0.717, 1.165) is 4.31 Å². The molecule has 15 heavy (non-hydrogen) atoms. The van der Waals surface area contributed by atoms with Crippen molar-refractivity contribution in [3.8, 4) is 0 Å². The van der Waals surface area contributed by atoms with Gasteiger partial charge in [-0.2, -0.15) is 13.1 Å². The summed E-state index contributed by atoms with van der Waals surface area (Å²) in [4.78, 5) is 0. The molecule has 7 heteroatoms. The van der Waals surface area contributed by atoms with E-state index >= 15 is 0 Å². The van der Waals surface area contributed by atoms with Crippen LogP contribution in [-0.2, 0) is 10.0 Å². The number of halogens is 2. The molecule has 0 aromatic heterocycles. The predicted molar refractivity (Wildman–Crippen MR) is 52.9 cm³/mol. The van der Waals surface area contributed by atoms with Crippen LogP contribution >= 0.6 is 0 Å². The van der Waals surface area contributed by atoms with Crippen LogP contribution in [0, 0.1) is 5.92 Å². The molecule has 2 unspecified atom stereocenters. The maximum atomic E-state index is 12.3. The first-order chi connectivity index (χ1) is 6.89. The molecule has 1 rings (SSSR count). The molecule has 0 spiro atoms. The summed E-state index contributed by atoms with van der Waals surface area (Å²) in [6.45, 7) is 2.21. The van der Waals surface area contributed by atoms with Crippen LogP contribution in [0.4, 0.5) is 8.78 Å². The van der Waals surface area contributed by atoms with Gasteiger partial charge in [-0.05, 0) is 18.8 Å². The second-order valence-corrected chi connectivity index (χ2v) is 5.79. The second kappa shape index (κ2) is 4.71. The minimum atomic E-state index is -4.46. The summed E-state index contributed by atoms with van der Waals surface area (Å²) in [5, 5.41) is 0. The number of sulfonamides is 1. The molecule has 2 atom stereocenters. The van der Waals surface area contributed by atoms with Crippen molar-refractivity contribution in [1.29, 1.82) is 0 Å². The Kier molecular flexibility index (Phi) is 4.02. The van der Waals surface area contributed by atoms with Crippen LogP contribution < -0.4 is 5.73 Å². The third-order valence-electron chi connectivity index (χ3n) is 2.75. The molecule has 1 fully saturated rings. The van der Waals surface area contributed by atoms with Crippen LogP contribution in [0.15, 0.2) is 0 Å². The van der Waals surface area contributed by atoms with Gasteiger partial charge in [-0.1, -0.05) is 6.92 Å². The molecule has 0 amide bonds. The van der Waals surface area contributed by atoms with E-state index in [1.54, 1.807) is 0 Å². The molecule has 0 saturated carbocycles. The Morgan fingerprint density at radius 3 is 2.60 bits per heavy atom. The lowest BCUT2D eigenvalue weighted by molar-refractivity contribution is 0.175. The minimum absolute atomic E-state index is 0.0935. The predicted octanol–water partition coefficient (Wildman–Crippen LogP) is 0.598. The maximum Gasteiger partial charge on any atom is 0.350 e.